The van der Waals surface area contributed by atoms with E-state index in [4.69, 9.17) is 11.6 Å². The number of rotatable bonds is 6. The molecule has 12 heteroatoms. The van der Waals surface area contributed by atoms with Gasteiger partial charge in [-0.2, -0.15) is 13.2 Å². The number of hydrogen-bond donors (Lipinski definition) is 1. The smallest absolute Gasteiger partial charge is 0.418 e. The van der Waals surface area contributed by atoms with Crippen molar-refractivity contribution in [1.29, 1.82) is 0 Å². The highest BCUT2D eigenvalue weighted by atomic mass is 35.5. The van der Waals surface area contributed by atoms with E-state index in [1.807, 2.05) is 4.57 Å². The Morgan fingerprint density at radius 3 is 2.58 bits per heavy atom. The summed E-state index contributed by atoms with van der Waals surface area (Å²) in [7, 11) is 0. The predicted octanol–water partition coefficient (Wildman–Crippen LogP) is 4.18. The molecule has 5 rings (SSSR count). The van der Waals surface area contributed by atoms with E-state index in [9.17, 15) is 32.7 Å². The fourth-order valence-corrected chi connectivity index (χ4v) is 4.49. The normalized spacial score (nSPS) is 13.9. The lowest BCUT2D eigenvalue weighted by molar-refractivity contribution is -0.138. The van der Waals surface area contributed by atoms with Crippen LogP contribution in [-0.2, 0) is 19.3 Å². The molecule has 4 aromatic rings. The molecule has 0 aliphatic heterocycles. The van der Waals surface area contributed by atoms with Crippen molar-refractivity contribution in [1.82, 2.24) is 18.7 Å². The van der Waals surface area contributed by atoms with E-state index in [1.165, 1.54) is 6.07 Å². The van der Waals surface area contributed by atoms with Gasteiger partial charge in [0.1, 0.15) is 5.56 Å². The van der Waals surface area contributed by atoms with Crippen LogP contribution in [0.3, 0.4) is 0 Å². The summed E-state index contributed by atoms with van der Waals surface area (Å²) in [5.74, 6) is -1.03. The lowest BCUT2D eigenvalue weighted by atomic mass is 10.1. The predicted molar refractivity (Wildman–Crippen MR) is 125 cm³/mol. The van der Waals surface area contributed by atoms with Gasteiger partial charge in [-0.25, -0.2) is 14.6 Å². The van der Waals surface area contributed by atoms with Crippen LogP contribution in [-0.4, -0.2) is 29.8 Å². The van der Waals surface area contributed by atoms with Gasteiger partial charge in [0.15, 0.2) is 0 Å². The van der Waals surface area contributed by atoms with Crippen LogP contribution in [0.1, 0.15) is 34.3 Å². The molecule has 1 N–H and O–H groups in total. The number of carbonyl (C=O) groups is 1. The molecule has 0 radical (unpaired) electrons. The number of carboxylic acids is 1. The first kappa shape index (κ1) is 23.9. The first-order valence-corrected chi connectivity index (χ1v) is 11.3. The van der Waals surface area contributed by atoms with Crippen LogP contribution in [0.15, 0.2) is 58.5 Å². The van der Waals surface area contributed by atoms with Crippen LogP contribution in [0, 0.1) is 5.92 Å². The Balaban J connectivity index is 1.65. The number of imidazole rings is 1. The van der Waals surface area contributed by atoms with Crippen LogP contribution in [0.2, 0.25) is 5.02 Å². The summed E-state index contributed by atoms with van der Waals surface area (Å²) in [5, 5.41) is 8.96. The van der Waals surface area contributed by atoms with E-state index < -0.39 is 51.7 Å². The van der Waals surface area contributed by atoms with Gasteiger partial charge in [-0.3, -0.25) is 13.9 Å². The van der Waals surface area contributed by atoms with Crippen LogP contribution in [0.25, 0.3) is 16.7 Å². The topological polar surface area (TPSA) is 99.1 Å². The van der Waals surface area contributed by atoms with Crippen molar-refractivity contribution in [3.63, 3.8) is 0 Å². The number of benzene rings is 2. The summed E-state index contributed by atoms with van der Waals surface area (Å²) >= 11 is 5.77. The average Bonchev–Trinajstić information content (AvgIpc) is 3.54. The van der Waals surface area contributed by atoms with Gasteiger partial charge in [-0.15, -0.1) is 0 Å². The summed E-state index contributed by atoms with van der Waals surface area (Å²) in [6.07, 6.45) is -0.0127. The zero-order valence-electron chi connectivity index (χ0n) is 18.5. The molecule has 1 saturated carbocycles. The molecular formula is C24H18ClF3N4O4. The second-order valence-corrected chi connectivity index (χ2v) is 9.08. The maximum Gasteiger partial charge on any atom is 0.418 e. The largest absolute Gasteiger partial charge is 0.477 e. The summed E-state index contributed by atoms with van der Waals surface area (Å²) in [4.78, 5) is 42.3. The van der Waals surface area contributed by atoms with Crippen molar-refractivity contribution in [2.45, 2.75) is 32.1 Å². The van der Waals surface area contributed by atoms with Crippen molar-refractivity contribution >= 4 is 28.6 Å². The third kappa shape index (κ3) is 4.30. The van der Waals surface area contributed by atoms with Gasteiger partial charge in [-0.1, -0.05) is 23.7 Å². The van der Waals surface area contributed by atoms with Gasteiger partial charge in [0.25, 0.3) is 5.56 Å². The summed E-state index contributed by atoms with van der Waals surface area (Å²) in [6, 6.07) is 8.22. The highest BCUT2D eigenvalue weighted by molar-refractivity contribution is 6.31. The van der Waals surface area contributed by atoms with Gasteiger partial charge in [-0.05, 0) is 48.6 Å². The molecule has 2 aromatic heterocycles. The quantitative estimate of drug-likeness (QED) is 0.413. The van der Waals surface area contributed by atoms with E-state index in [2.05, 4.69) is 4.98 Å². The molecule has 0 amide bonds. The fraction of sp³-hybridized carbons (Fsp3) is 0.250. The second-order valence-electron chi connectivity index (χ2n) is 8.68. The third-order valence-electron chi connectivity index (χ3n) is 6.15. The number of nitrogens with zero attached hydrogens (tertiary/aromatic N) is 4. The van der Waals surface area contributed by atoms with Crippen LogP contribution in [0.5, 0.6) is 0 Å². The number of fused-ring (bicyclic) bond motifs is 1. The van der Waals surface area contributed by atoms with Gasteiger partial charge in [0.2, 0.25) is 0 Å². The average molecular weight is 519 g/mol. The lowest BCUT2D eigenvalue weighted by Gasteiger charge is -2.16. The Labute approximate surface area is 205 Å². The second kappa shape index (κ2) is 8.66. The summed E-state index contributed by atoms with van der Waals surface area (Å²) in [6.45, 7) is -0.0164. The number of hydrogen-bond acceptors (Lipinski definition) is 4. The molecule has 2 heterocycles. The van der Waals surface area contributed by atoms with E-state index in [0.29, 0.717) is 16.0 Å². The monoisotopic (exact) mass is 518 g/mol. The molecule has 0 atom stereocenters. The molecule has 36 heavy (non-hydrogen) atoms. The summed E-state index contributed by atoms with van der Waals surface area (Å²) in [5.41, 5.74) is -3.08. The van der Waals surface area contributed by atoms with E-state index in [0.717, 1.165) is 47.8 Å². The van der Waals surface area contributed by atoms with E-state index >= 15 is 0 Å². The van der Waals surface area contributed by atoms with Crippen LogP contribution < -0.4 is 11.2 Å². The standard InChI is InChI=1S/C24H18ClF3N4O4/c25-17-3-1-2-14(20(17)24(26,27)28)10-32-21(33)16(22(34)35)11-31(23(32)36)15-6-7-19-18(8-15)29-12-30(19)9-13-4-5-13/h1-3,6-8,11-13H,4-5,9-10H2,(H,34,35). The zero-order chi connectivity index (χ0) is 25.8. The van der Waals surface area contributed by atoms with Gasteiger partial charge in [0, 0.05) is 12.7 Å². The molecule has 186 valence electrons. The first-order chi connectivity index (χ1) is 17.0. The van der Waals surface area contributed by atoms with E-state index in [-0.39, 0.29) is 5.69 Å². The highest BCUT2D eigenvalue weighted by Gasteiger charge is 2.36. The molecule has 1 aliphatic rings. The minimum atomic E-state index is -4.86. The minimum absolute atomic E-state index is 0.211. The number of halogens is 4. The number of aromatic nitrogens is 4. The van der Waals surface area contributed by atoms with Gasteiger partial charge >= 0.3 is 17.8 Å². The number of alkyl halides is 3. The van der Waals surface area contributed by atoms with Crippen LogP contribution in [0.4, 0.5) is 13.2 Å². The first-order valence-electron chi connectivity index (χ1n) is 10.9. The SMILES string of the molecule is O=C(O)c1cn(-c2ccc3c(c2)ncn3CC2CC2)c(=O)n(Cc2cccc(Cl)c2C(F)(F)F)c1=O. The third-order valence-corrected chi connectivity index (χ3v) is 6.46. The van der Waals surface area contributed by atoms with Crippen molar-refractivity contribution < 1.29 is 23.1 Å². The van der Waals surface area contributed by atoms with Crippen molar-refractivity contribution in [3.05, 3.63) is 91.5 Å². The molecule has 0 unspecified atom stereocenters. The van der Waals surface area contributed by atoms with Crippen LogP contribution >= 0.6 is 11.6 Å². The minimum Gasteiger partial charge on any atom is -0.477 e. The molecule has 0 bridgehead atoms. The number of carboxylic acid groups (broad SMARTS) is 1. The molecular weight excluding hydrogens is 501 g/mol. The molecule has 0 spiro atoms. The number of aromatic carboxylic acids is 1. The Kier molecular flexibility index (Phi) is 5.74. The maximum absolute atomic E-state index is 13.6. The summed E-state index contributed by atoms with van der Waals surface area (Å²) < 4.78 is 44.3. The lowest BCUT2D eigenvalue weighted by Crippen LogP contribution is -2.42. The van der Waals surface area contributed by atoms with Gasteiger partial charge in [0.05, 0.1) is 40.2 Å². The van der Waals surface area contributed by atoms with Crippen molar-refractivity contribution in [2.24, 2.45) is 5.92 Å². The molecule has 1 aliphatic carbocycles. The molecule has 1 fully saturated rings. The maximum atomic E-state index is 13.6. The molecule has 0 saturated heterocycles. The molecule has 8 nitrogen and oxygen atoms in total. The Hall–Kier alpha value is -3.86. The van der Waals surface area contributed by atoms with E-state index in [1.54, 1.807) is 24.5 Å². The zero-order valence-corrected chi connectivity index (χ0v) is 19.3. The Bertz CT molecular complexity index is 1630. The Morgan fingerprint density at radius 2 is 1.92 bits per heavy atom. The van der Waals surface area contributed by atoms with Crippen molar-refractivity contribution in [2.75, 3.05) is 0 Å². The molecule has 2 aromatic carbocycles. The van der Waals surface area contributed by atoms with Gasteiger partial charge < -0.3 is 9.67 Å². The highest BCUT2D eigenvalue weighted by Crippen LogP contribution is 2.37. The van der Waals surface area contributed by atoms with Crippen molar-refractivity contribution in [3.8, 4) is 5.69 Å². The Morgan fingerprint density at radius 1 is 1.17 bits per heavy atom. The fourth-order valence-electron chi connectivity index (χ4n) is 4.19.